The van der Waals surface area contributed by atoms with Gasteiger partial charge in [-0.1, -0.05) is 0 Å². The highest BCUT2D eigenvalue weighted by molar-refractivity contribution is 7.90. The van der Waals surface area contributed by atoms with Gasteiger partial charge in [-0.15, -0.1) is 0 Å². The monoisotopic (exact) mass is 385 g/mol. The molecule has 142 valence electrons. The zero-order chi connectivity index (χ0) is 19.5. The van der Waals surface area contributed by atoms with Gasteiger partial charge in [-0.05, 0) is 12.1 Å². The van der Waals surface area contributed by atoms with Crippen molar-refractivity contribution in [1.29, 1.82) is 0 Å². The van der Waals surface area contributed by atoms with Gasteiger partial charge in [0.15, 0.2) is 9.84 Å². The fraction of sp³-hybridized carbons (Fsp3) is 0.375. The van der Waals surface area contributed by atoms with Crippen LogP contribution in [0.3, 0.4) is 0 Å². The fourth-order valence-electron chi connectivity index (χ4n) is 2.39. The SMILES string of the molecule is COC(=O)C1=C(C(=O)OC)N(c2cc(OC)cc(S(C)(=O)=O)c2)COC1. The van der Waals surface area contributed by atoms with Crippen molar-refractivity contribution >= 4 is 27.5 Å². The Labute approximate surface area is 151 Å². The number of rotatable bonds is 5. The summed E-state index contributed by atoms with van der Waals surface area (Å²) in [4.78, 5) is 25.6. The van der Waals surface area contributed by atoms with Gasteiger partial charge >= 0.3 is 11.9 Å². The summed E-state index contributed by atoms with van der Waals surface area (Å²) in [7, 11) is 0.187. The van der Waals surface area contributed by atoms with Crippen LogP contribution in [-0.4, -0.2) is 61.3 Å². The number of methoxy groups -OCH3 is 3. The van der Waals surface area contributed by atoms with E-state index in [1.165, 1.54) is 44.4 Å². The summed E-state index contributed by atoms with van der Waals surface area (Å²) in [6, 6.07) is 4.22. The van der Waals surface area contributed by atoms with E-state index in [2.05, 4.69) is 4.74 Å². The molecule has 1 aliphatic heterocycles. The number of anilines is 1. The van der Waals surface area contributed by atoms with Crippen molar-refractivity contribution in [2.24, 2.45) is 0 Å². The number of benzene rings is 1. The molecule has 0 N–H and O–H groups in total. The number of esters is 2. The number of hydrogen-bond acceptors (Lipinski definition) is 9. The summed E-state index contributed by atoms with van der Waals surface area (Å²) in [5, 5.41) is 0. The van der Waals surface area contributed by atoms with Crippen LogP contribution in [0.2, 0.25) is 0 Å². The number of carbonyl (C=O) groups excluding carboxylic acids is 2. The van der Waals surface area contributed by atoms with Crippen LogP contribution in [0.15, 0.2) is 34.4 Å². The minimum atomic E-state index is -3.55. The number of sulfone groups is 1. The fourth-order valence-corrected chi connectivity index (χ4v) is 3.06. The third kappa shape index (κ3) is 3.97. The molecule has 0 spiro atoms. The van der Waals surface area contributed by atoms with Crippen LogP contribution >= 0.6 is 0 Å². The third-order valence-corrected chi connectivity index (χ3v) is 4.77. The second kappa shape index (κ2) is 7.75. The first-order chi connectivity index (χ1) is 12.2. The van der Waals surface area contributed by atoms with Gasteiger partial charge in [-0.25, -0.2) is 18.0 Å². The Kier molecular flexibility index (Phi) is 5.88. The predicted molar refractivity (Wildman–Crippen MR) is 90.5 cm³/mol. The first-order valence-electron chi connectivity index (χ1n) is 7.37. The first kappa shape index (κ1) is 19.7. The van der Waals surface area contributed by atoms with Gasteiger partial charge in [0.05, 0.1) is 38.4 Å². The molecule has 1 aromatic carbocycles. The van der Waals surface area contributed by atoms with E-state index in [1.54, 1.807) is 0 Å². The molecule has 0 bridgehead atoms. The molecular weight excluding hydrogens is 366 g/mol. The molecule has 0 saturated heterocycles. The zero-order valence-corrected chi connectivity index (χ0v) is 15.6. The van der Waals surface area contributed by atoms with E-state index in [0.717, 1.165) is 6.26 Å². The van der Waals surface area contributed by atoms with Crippen LogP contribution < -0.4 is 9.64 Å². The average molecular weight is 385 g/mol. The Morgan fingerprint density at radius 1 is 1.08 bits per heavy atom. The lowest BCUT2D eigenvalue weighted by Gasteiger charge is -2.31. The molecule has 0 atom stereocenters. The van der Waals surface area contributed by atoms with E-state index < -0.39 is 21.8 Å². The average Bonchev–Trinajstić information content (AvgIpc) is 2.64. The summed E-state index contributed by atoms with van der Waals surface area (Å²) < 4.78 is 43.9. The van der Waals surface area contributed by atoms with Crippen LogP contribution in [0.25, 0.3) is 0 Å². The smallest absolute Gasteiger partial charge is 0.355 e. The van der Waals surface area contributed by atoms with Crippen LogP contribution in [0, 0.1) is 0 Å². The molecule has 1 aliphatic rings. The summed E-state index contributed by atoms with van der Waals surface area (Å²) in [6.45, 7) is -0.238. The van der Waals surface area contributed by atoms with Gasteiger partial charge in [-0.3, -0.25) is 0 Å². The minimum absolute atomic E-state index is 0.0127. The first-order valence-corrected chi connectivity index (χ1v) is 9.26. The number of carbonyl (C=O) groups is 2. The molecule has 0 aromatic heterocycles. The van der Waals surface area contributed by atoms with E-state index in [1.807, 2.05) is 0 Å². The van der Waals surface area contributed by atoms with Gasteiger partial charge in [0.1, 0.15) is 18.2 Å². The molecular formula is C16H19NO8S. The van der Waals surface area contributed by atoms with Crippen molar-refractivity contribution in [3.05, 3.63) is 29.5 Å². The van der Waals surface area contributed by atoms with Crippen molar-refractivity contribution in [1.82, 2.24) is 0 Å². The van der Waals surface area contributed by atoms with Crippen molar-refractivity contribution in [2.45, 2.75) is 4.90 Å². The van der Waals surface area contributed by atoms with E-state index in [0.29, 0.717) is 0 Å². The molecule has 26 heavy (non-hydrogen) atoms. The summed E-state index contributed by atoms with van der Waals surface area (Å²) in [5.41, 5.74) is 0.166. The topological polar surface area (TPSA) is 108 Å². The zero-order valence-electron chi connectivity index (χ0n) is 14.8. The van der Waals surface area contributed by atoms with Crippen molar-refractivity contribution in [3.8, 4) is 5.75 Å². The van der Waals surface area contributed by atoms with E-state index in [9.17, 15) is 18.0 Å². The molecule has 9 nitrogen and oxygen atoms in total. The normalized spacial score (nSPS) is 14.8. The lowest BCUT2D eigenvalue weighted by atomic mass is 10.1. The molecule has 0 fully saturated rings. The van der Waals surface area contributed by atoms with Crippen LogP contribution in [0.5, 0.6) is 5.75 Å². The molecule has 1 heterocycles. The second-order valence-corrected chi connectivity index (χ2v) is 7.37. The molecule has 0 amide bonds. The standard InChI is InChI=1S/C16H19NO8S/c1-22-11-5-10(6-12(7-11)26(4,20)21)17-9-25-8-13(15(18)23-2)14(17)16(19)24-3/h5-7H,8-9H2,1-4H3. The molecule has 10 heteroatoms. The van der Waals surface area contributed by atoms with Gasteiger partial charge in [-0.2, -0.15) is 0 Å². The highest BCUT2D eigenvalue weighted by atomic mass is 32.2. The van der Waals surface area contributed by atoms with E-state index >= 15 is 0 Å². The van der Waals surface area contributed by atoms with E-state index in [-0.39, 0.29) is 40.9 Å². The number of ether oxygens (including phenoxy) is 4. The van der Waals surface area contributed by atoms with Crippen LogP contribution in [0.4, 0.5) is 5.69 Å². The Morgan fingerprint density at radius 3 is 2.27 bits per heavy atom. The molecule has 1 aromatic rings. The van der Waals surface area contributed by atoms with E-state index in [4.69, 9.17) is 14.2 Å². The van der Waals surface area contributed by atoms with Gasteiger partial charge in [0, 0.05) is 18.0 Å². The number of nitrogens with zero attached hydrogens (tertiary/aromatic N) is 1. The van der Waals surface area contributed by atoms with Crippen LogP contribution in [-0.2, 0) is 33.6 Å². The molecule has 0 aliphatic carbocycles. The summed E-state index contributed by atoms with van der Waals surface area (Å²) >= 11 is 0. The van der Waals surface area contributed by atoms with Crippen molar-refractivity contribution in [2.75, 3.05) is 45.8 Å². The van der Waals surface area contributed by atoms with Gasteiger partial charge < -0.3 is 23.8 Å². The van der Waals surface area contributed by atoms with Crippen molar-refractivity contribution < 1.29 is 37.0 Å². The van der Waals surface area contributed by atoms with Gasteiger partial charge in [0.25, 0.3) is 0 Å². The molecule has 0 unspecified atom stereocenters. The lowest BCUT2D eigenvalue weighted by Crippen LogP contribution is -2.38. The molecule has 0 radical (unpaired) electrons. The maximum Gasteiger partial charge on any atom is 0.355 e. The molecule has 0 saturated carbocycles. The lowest BCUT2D eigenvalue weighted by molar-refractivity contribution is -0.140. The maximum atomic E-state index is 12.3. The minimum Gasteiger partial charge on any atom is -0.497 e. The maximum absolute atomic E-state index is 12.3. The largest absolute Gasteiger partial charge is 0.497 e. The quantitative estimate of drug-likeness (QED) is 0.669. The highest BCUT2D eigenvalue weighted by Gasteiger charge is 2.33. The van der Waals surface area contributed by atoms with Crippen molar-refractivity contribution in [3.63, 3.8) is 0 Å². The van der Waals surface area contributed by atoms with Gasteiger partial charge in [0.2, 0.25) is 0 Å². The molecule has 2 rings (SSSR count). The summed E-state index contributed by atoms with van der Waals surface area (Å²) in [6.07, 6.45) is 1.05. The Morgan fingerprint density at radius 2 is 1.73 bits per heavy atom. The van der Waals surface area contributed by atoms with Crippen LogP contribution in [0.1, 0.15) is 0 Å². The number of hydrogen-bond donors (Lipinski definition) is 0. The Hall–Kier alpha value is -2.59. The Bertz CT molecular complexity index is 859. The second-order valence-electron chi connectivity index (χ2n) is 5.35. The Balaban J connectivity index is 2.68. The summed E-state index contributed by atoms with van der Waals surface area (Å²) in [5.74, 6) is -1.27. The highest BCUT2D eigenvalue weighted by Crippen LogP contribution is 2.32. The third-order valence-electron chi connectivity index (χ3n) is 3.67. The predicted octanol–water partition coefficient (Wildman–Crippen LogP) is 0.493.